The minimum atomic E-state index is -0.299. The van der Waals surface area contributed by atoms with E-state index in [0.717, 1.165) is 0 Å². The zero-order chi connectivity index (χ0) is 25.5. The van der Waals surface area contributed by atoms with Crippen LogP contribution in [0.15, 0.2) is 42.7 Å². The van der Waals surface area contributed by atoms with Gasteiger partial charge in [-0.1, -0.05) is 13.8 Å². The Morgan fingerprint density at radius 3 is 2.66 bits per heavy atom. The van der Waals surface area contributed by atoms with Crippen LogP contribution in [0.4, 0.5) is 5.69 Å². The Labute approximate surface area is 206 Å². The number of nitrogens with zero attached hydrogens (tertiary/aromatic N) is 3. The van der Waals surface area contributed by atoms with Crippen LogP contribution in [0.3, 0.4) is 0 Å². The fourth-order valence-corrected chi connectivity index (χ4v) is 4.04. The molecule has 2 heterocycles. The SMILES string of the molecule is CCC(=O)Nc1ccc2c(c1)C(=O)N(C)C[C@H](OC)[C@@H](C)CN(C(=O)c1cccnc1)[C@H](C)CO2. The van der Waals surface area contributed by atoms with Gasteiger partial charge < -0.3 is 24.6 Å². The first-order valence-corrected chi connectivity index (χ1v) is 11.8. The molecule has 0 saturated heterocycles. The lowest BCUT2D eigenvalue weighted by Crippen LogP contribution is -2.48. The number of carbonyl (C=O) groups excluding carboxylic acids is 3. The lowest BCUT2D eigenvalue weighted by atomic mass is 10.0. The van der Waals surface area contributed by atoms with E-state index in [1.807, 2.05) is 13.8 Å². The minimum Gasteiger partial charge on any atom is -0.491 e. The van der Waals surface area contributed by atoms with Crippen molar-refractivity contribution in [2.24, 2.45) is 5.92 Å². The highest BCUT2D eigenvalue weighted by atomic mass is 16.5. The van der Waals surface area contributed by atoms with E-state index >= 15 is 0 Å². The third-order valence-corrected chi connectivity index (χ3v) is 6.22. The fraction of sp³-hybridized carbons (Fsp3) is 0.462. The highest BCUT2D eigenvalue weighted by Crippen LogP contribution is 2.27. The molecule has 1 aliphatic rings. The summed E-state index contributed by atoms with van der Waals surface area (Å²) in [7, 11) is 3.31. The number of fused-ring (bicyclic) bond motifs is 1. The number of aromatic nitrogens is 1. The van der Waals surface area contributed by atoms with Gasteiger partial charge in [-0.2, -0.15) is 0 Å². The quantitative estimate of drug-likeness (QED) is 0.719. The summed E-state index contributed by atoms with van der Waals surface area (Å²) in [5, 5.41) is 2.79. The molecule has 35 heavy (non-hydrogen) atoms. The maximum atomic E-state index is 13.4. The molecule has 0 saturated carbocycles. The van der Waals surface area contributed by atoms with Crippen LogP contribution in [0.1, 0.15) is 47.9 Å². The molecule has 0 bridgehead atoms. The van der Waals surface area contributed by atoms with Crippen LogP contribution in [0.2, 0.25) is 0 Å². The number of hydrogen-bond donors (Lipinski definition) is 1. The Balaban J connectivity index is 1.98. The Morgan fingerprint density at radius 2 is 2.00 bits per heavy atom. The molecule has 0 aliphatic carbocycles. The third-order valence-electron chi connectivity index (χ3n) is 6.22. The maximum Gasteiger partial charge on any atom is 0.257 e. The molecule has 2 aromatic rings. The Hall–Kier alpha value is -3.46. The molecule has 3 atom stereocenters. The van der Waals surface area contributed by atoms with Crippen molar-refractivity contribution in [2.45, 2.75) is 39.3 Å². The molecule has 9 nitrogen and oxygen atoms in total. The van der Waals surface area contributed by atoms with Crippen molar-refractivity contribution >= 4 is 23.4 Å². The molecule has 9 heteroatoms. The highest BCUT2D eigenvalue weighted by molar-refractivity contribution is 5.99. The molecular formula is C26H34N4O5. The molecule has 0 unspecified atom stereocenters. The van der Waals surface area contributed by atoms with Crippen LogP contribution in [0.5, 0.6) is 5.75 Å². The number of hydrogen-bond acceptors (Lipinski definition) is 6. The number of methoxy groups -OCH3 is 1. The number of nitrogens with one attached hydrogen (secondary N) is 1. The van der Waals surface area contributed by atoms with Gasteiger partial charge in [0.25, 0.3) is 11.8 Å². The van der Waals surface area contributed by atoms with Crippen LogP contribution in [-0.4, -0.2) is 78.5 Å². The van der Waals surface area contributed by atoms with Crippen LogP contribution in [-0.2, 0) is 9.53 Å². The average molecular weight is 483 g/mol. The summed E-state index contributed by atoms with van der Waals surface area (Å²) >= 11 is 0. The summed E-state index contributed by atoms with van der Waals surface area (Å²) in [4.78, 5) is 46.1. The van der Waals surface area contributed by atoms with E-state index in [1.54, 1.807) is 73.6 Å². The Bertz CT molecular complexity index is 1050. The predicted molar refractivity (Wildman–Crippen MR) is 133 cm³/mol. The smallest absolute Gasteiger partial charge is 0.257 e. The van der Waals surface area contributed by atoms with Crippen molar-refractivity contribution < 1.29 is 23.9 Å². The number of pyridine rings is 1. The highest BCUT2D eigenvalue weighted by Gasteiger charge is 2.31. The molecular weight excluding hydrogens is 448 g/mol. The van der Waals surface area contributed by atoms with Gasteiger partial charge in [0, 0.05) is 57.7 Å². The summed E-state index contributed by atoms with van der Waals surface area (Å²) in [6, 6.07) is 8.19. The lowest BCUT2D eigenvalue weighted by Gasteiger charge is -2.36. The van der Waals surface area contributed by atoms with Crippen molar-refractivity contribution in [2.75, 3.05) is 39.2 Å². The first kappa shape index (κ1) is 26.2. The number of amides is 3. The second kappa shape index (κ2) is 11.8. The molecule has 1 aromatic heterocycles. The lowest BCUT2D eigenvalue weighted by molar-refractivity contribution is -0.115. The first-order chi connectivity index (χ1) is 16.7. The van der Waals surface area contributed by atoms with Crippen LogP contribution in [0, 0.1) is 5.92 Å². The van der Waals surface area contributed by atoms with Crippen molar-refractivity contribution in [3.8, 4) is 5.75 Å². The van der Waals surface area contributed by atoms with Gasteiger partial charge in [0.1, 0.15) is 12.4 Å². The van der Waals surface area contributed by atoms with E-state index in [2.05, 4.69) is 10.3 Å². The van der Waals surface area contributed by atoms with Crippen molar-refractivity contribution in [1.29, 1.82) is 0 Å². The van der Waals surface area contributed by atoms with E-state index in [4.69, 9.17) is 9.47 Å². The molecule has 3 rings (SSSR count). The largest absolute Gasteiger partial charge is 0.491 e. The molecule has 0 spiro atoms. The summed E-state index contributed by atoms with van der Waals surface area (Å²) in [5.74, 6) is -0.202. The Morgan fingerprint density at radius 1 is 1.23 bits per heavy atom. The van der Waals surface area contributed by atoms with E-state index in [-0.39, 0.29) is 42.4 Å². The standard InChI is InChI=1S/C26H34N4O5/c1-6-24(31)28-20-9-10-22-21(12-20)26(33)29(4)15-23(34-5)17(2)14-30(18(3)16-35-22)25(32)19-8-7-11-27-13-19/h7-13,17-18,23H,6,14-16H2,1-5H3,(H,28,31)/t17-,18+,23-/m0/s1. The van der Waals surface area contributed by atoms with E-state index in [0.29, 0.717) is 42.1 Å². The van der Waals surface area contributed by atoms with Gasteiger partial charge in [-0.15, -0.1) is 0 Å². The molecule has 1 N–H and O–H groups in total. The van der Waals surface area contributed by atoms with E-state index in [9.17, 15) is 14.4 Å². The van der Waals surface area contributed by atoms with Gasteiger partial charge in [0.2, 0.25) is 5.91 Å². The van der Waals surface area contributed by atoms with Crippen LogP contribution in [0.25, 0.3) is 0 Å². The fourth-order valence-electron chi connectivity index (χ4n) is 4.04. The normalized spacial score (nSPS) is 21.3. The molecule has 1 aromatic carbocycles. The predicted octanol–water partition coefficient (Wildman–Crippen LogP) is 3.08. The number of rotatable bonds is 4. The van der Waals surface area contributed by atoms with Gasteiger partial charge in [-0.3, -0.25) is 19.4 Å². The van der Waals surface area contributed by atoms with Crippen molar-refractivity contribution in [3.05, 3.63) is 53.9 Å². The molecule has 0 fully saturated rings. The molecule has 188 valence electrons. The average Bonchev–Trinajstić information content (AvgIpc) is 2.88. The number of anilines is 1. The molecule has 1 aliphatic heterocycles. The van der Waals surface area contributed by atoms with E-state index in [1.165, 1.54) is 0 Å². The monoisotopic (exact) mass is 482 g/mol. The van der Waals surface area contributed by atoms with Gasteiger partial charge in [-0.25, -0.2) is 0 Å². The summed E-state index contributed by atoms with van der Waals surface area (Å²) in [6.45, 7) is 6.61. The number of carbonyl (C=O) groups is 3. The third kappa shape index (κ3) is 6.36. The summed E-state index contributed by atoms with van der Waals surface area (Å²) < 4.78 is 11.8. The second-order valence-electron chi connectivity index (χ2n) is 8.91. The first-order valence-electron chi connectivity index (χ1n) is 11.8. The molecule has 3 amide bonds. The topological polar surface area (TPSA) is 101 Å². The number of benzene rings is 1. The van der Waals surface area contributed by atoms with Crippen LogP contribution >= 0.6 is 0 Å². The maximum absolute atomic E-state index is 13.4. The van der Waals surface area contributed by atoms with Gasteiger partial charge in [-0.05, 0) is 37.3 Å². The number of likely N-dealkylation sites (N-methyl/N-ethyl adjacent to an activating group) is 1. The molecule has 0 radical (unpaired) electrons. The Kier molecular flexibility index (Phi) is 8.81. The van der Waals surface area contributed by atoms with Gasteiger partial charge in [0.15, 0.2) is 0 Å². The minimum absolute atomic E-state index is 0.0626. The van der Waals surface area contributed by atoms with Gasteiger partial charge in [0.05, 0.1) is 23.3 Å². The van der Waals surface area contributed by atoms with Crippen molar-refractivity contribution in [3.63, 3.8) is 0 Å². The summed E-state index contributed by atoms with van der Waals surface area (Å²) in [5.41, 5.74) is 1.35. The van der Waals surface area contributed by atoms with E-state index < -0.39 is 0 Å². The zero-order valence-corrected chi connectivity index (χ0v) is 21.0. The number of ether oxygens (including phenoxy) is 2. The van der Waals surface area contributed by atoms with Gasteiger partial charge >= 0.3 is 0 Å². The summed E-state index contributed by atoms with van der Waals surface area (Å²) in [6.07, 6.45) is 3.21. The second-order valence-corrected chi connectivity index (χ2v) is 8.91. The zero-order valence-electron chi connectivity index (χ0n) is 21.0. The van der Waals surface area contributed by atoms with Crippen molar-refractivity contribution in [1.82, 2.24) is 14.8 Å². The van der Waals surface area contributed by atoms with Crippen LogP contribution < -0.4 is 10.1 Å².